The highest BCUT2D eigenvalue weighted by molar-refractivity contribution is 6.30. The Morgan fingerprint density at radius 3 is 2.33 bits per heavy atom. The Hall–Kier alpha value is -3.77. The van der Waals surface area contributed by atoms with Gasteiger partial charge in [-0.25, -0.2) is 9.97 Å². The van der Waals surface area contributed by atoms with E-state index in [2.05, 4.69) is 39.4 Å². The first-order chi connectivity index (χ1) is 17.5. The summed E-state index contributed by atoms with van der Waals surface area (Å²) in [6.07, 6.45) is 1.97. The molecule has 4 aromatic rings. The quantitative estimate of drug-likeness (QED) is 0.307. The van der Waals surface area contributed by atoms with Crippen LogP contribution in [0.2, 0.25) is 5.02 Å². The number of rotatable bonds is 7. The second kappa shape index (κ2) is 10.9. The summed E-state index contributed by atoms with van der Waals surface area (Å²) in [5.41, 5.74) is 3.12. The molecule has 0 saturated carbocycles. The molecule has 184 valence electrons. The van der Waals surface area contributed by atoms with E-state index in [4.69, 9.17) is 26.3 Å². The molecule has 0 spiro atoms. The van der Waals surface area contributed by atoms with Crippen molar-refractivity contribution in [3.8, 4) is 17.1 Å². The molecule has 2 heterocycles. The summed E-state index contributed by atoms with van der Waals surface area (Å²) >= 11 is 6.11. The lowest BCUT2D eigenvalue weighted by atomic mass is 10.1. The topological polar surface area (TPSA) is 53.5 Å². The van der Waals surface area contributed by atoms with Gasteiger partial charge in [-0.05, 0) is 42.5 Å². The Bertz CT molecular complexity index is 1290. The molecule has 0 unspecified atom stereocenters. The van der Waals surface area contributed by atoms with Crippen LogP contribution >= 0.6 is 11.6 Å². The standard InChI is InChI=1S/C29H30ClN5O/c1-34(2)24-13-11-23(12-14-24)31-27-20-28(33-29(32-27)21-7-4-3-5-8-21)35-17-15-25(16-18-35)36-26-10-6-9-22(30)19-26/h3-14,19-20,25H,15-18H2,1-2H3,(H,31,32,33). The number of nitrogens with one attached hydrogen (secondary N) is 1. The van der Waals surface area contributed by atoms with Gasteiger partial charge < -0.3 is 19.9 Å². The van der Waals surface area contributed by atoms with Gasteiger partial charge >= 0.3 is 0 Å². The first-order valence-corrected chi connectivity index (χ1v) is 12.6. The number of anilines is 4. The molecular weight excluding hydrogens is 470 g/mol. The maximum atomic E-state index is 6.18. The lowest BCUT2D eigenvalue weighted by Gasteiger charge is -2.33. The van der Waals surface area contributed by atoms with Crippen molar-refractivity contribution in [2.45, 2.75) is 18.9 Å². The van der Waals surface area contributed by atoms with Crippen molar-refractivity contribution in [2.24, 2.45) is 0 Å². The van der Waals surface area contributed by atoms with Crippen LogP contribution in [0.25, 0.3) is 11.4 Å². The molecule has 1 aliphatic heterocycles. The average molecular weight is 500 g/mol. The third-order valence-electron chi connectivity index (χ3n) is 6.27. The monoisotopic (exact) mass is 499 g/mol. The second-order valence-corrected chi connectivity index (χ2v) is 9.57. The van der Waals surface area contributed by atoms with Crippen molar-refractivity contribution in [1.29, 1.82) is 0 Å². The Balaban J connectivity index is 1.35. The lowest BCUT2D eigenvalue weighted by Crippen LogP contribution is -2.38. The van der Waals surface area contributed by atoms with Gasteiger partial charge in [0.05, 0.1) is 0 Å². The van der Waals surface area contributed by atoms with E-state index in [1.54, 1.807) is 0 Å². The molecular formula is C29H30ClN5O. The van der Waals surface area contributed by atoms with Gasteiger partial charge in [-0.2, -0.15) is 0 Å². The summed E-state index contributed by atoms with van der Waals surface area (Å²) in [7, 11) is 4.07. The van der Waals surface area contributed by atoms with Crippen LogP contribution < -0.4 is 19.9 Å². The molecule has 0 atom stereocenters. The summed E-state index contributed by atoms with van der Waals surface area (Å²) in [5, 5.41) is 4.16. The van der Waals surface area contributed by atoms with Gasteiger partial charge in [-0.1, -0.05) is 48.0 Å². The second-order valence-electron chi connectivity index (χ2n) is 9.13. The molecule has 1 aliphatic rings. The van der Waals surface area contributed by atoms with Gasteiger partial charge in [0.1, 0.15) is 23.5 Å². The van der Waals surface area contributed by atoms with Gasteiger partial charge in [0.25, 0.3) is 0 Å². The van der Waals surface area contributed by atoms with Crippen molar-refractivity contribution < 1.29 is 4.74 Å². The number of piperidine rings is 1. The fraction of sp³-hybridized carbons (Fsp3) is 0.241. The van der Waals surface area contributed by atoms with E-state index in [0.717, 1.165) is 60.3 Å². The van der Waals surface area contributed by atoms with E-state index in [1.807, 2.05) is 74.8 Å². The van der Waals surface area contributed by atoms with Crippen LogP contribution in [0.5, 0.6) is 5.75 Å². The number of aromatic nitrogens is 2. The summed E-state index contributed by atoms with van der Waals surface area (Å²) in [6, 6.07) is 28.1. The zero-order valence-corrected chi connectivity index (χ0v) is 21.3. The number of ether oxygens (including phenoxy) is 1. The molecule has 3 aromatic carbocycles. The highest BCUT2D eigenvalue weighted by Gasteiger charge is 2.23. The fourth-order valence-electron chi connectivity index (χ4n) is 4.30. The van der Waals surface area contributed by atoms with E-state index in [1.165, 1.54) is 0 Å². The van der Waals surface area contributed by atoms with Crippen molar-refractivity contribution in [3.63, 3.8) is 0 Å². The Kier molecular flexibility index (Phi) is 7.23. The third kappa shape index (κ3) is 5.89. The summed E-state index contributed by atoms with van der Waals surface area (Å²) in [6.45, 7) is 1.71. The highest BCUT2D eigenvalue weighted by atomic mass is 35.5. The smallest absolute Gasteiger partial charge is 0.163 e. The number of hydrogen-bond donors (Lipinski definition) is 1. The van der Waals surface area contributed by atoms with Gasteiger partial charge in [-0.3, -0.25) is 0 Å². The normalized spacial score (nSPS) is 13.9. The Morgan fingerprint density at radius 2 is 1.64 bits per heavy atom. The molecule has 7 heteroatoms. The molecule has 1 fully saturated rings. The first kappa shape index (κ1) is 23.9. The maximum Gasteiger partial charge on any atom is 0.163 e. The minimum absolute atomic E-state index is 0.156. The Morgan fingerprint density at radius 1 is 0.889 bits per heavy atom. The van der Waals surface area contributed by atoms with E-state index in [9.17, 15) is 0 Å². The number of benzene rings is 3. The largest absolute Gasteiger partial charge is 0.490 e. The lowest BCUT2D eigenvalue weighted by molar-refractivity contribution is 0.171. The molecule has 0 aliphatic carbocycles. The maximum absolute atomic E-state index is 6.18. The summed E-state index contributed by atoms with van der Waals surface area (Å²) in [4.78, 5) is 14.2. The molecule has 36 heavy (non-hydrogen) atoms. The summed E-state index contributed by atoms with van der Waals surface area (Å²) in [5.74, 6) is 3.21. The number of nitrogens with zero attached hydrogens (tertiary/aromatic N) is 4. The number of hydrogen-bond acceptors (Lipinski definition) is 6. The Labute approximate surface area is 217 Å². The predicted molar refractivity (Wildman–Crippen MR) is 149 cm³/mol. The van der Waals surface area contributed by atoms with Crippen molar-refractivity contribution in [1.82, 2.24) is 9.97 Å². The molecule has 0 bridgehead atoms. The highest BCUT2D eigenvalue weighted by Crippen LogP contribution is 2.28. The summed E-state index contributed by atoms with van der Waals surface area (Å²) < 4.78 is 6.18. The van der Waals surface area contributed by atoms with E-state index in [-0.39, 0.29) is 6.10 Å². The van der Waals surface area contributed by atoms with Crippen molar-refractivity contribution in [2.75, 3.05) is 42.3 Å². The average Bonchev–Trinajstić information content (AvgIpc) is 2.90. The van der Waals surface area contributed by atoms with Crippen LogP contribution in [-0.4, -0.2) is 43.3 Å². The molecule has 0 amide bonds. The van der Waals surface area contributed by atoms with Crippen molar-refractivity contribution in [3.05, 3.63) is 90.0 Å². The molecule has 1 N–H and O–H groups in total. The van der Waals surface area contributed by atoms with Crippen LogP contribution in [0.4, 0.5) is 23.0 Å². The predicted octanol–water partition coefficient (Wildman–Crippen LogP) is 6.65. The van der Waals surface area contributed by atoms with E-state index >= 15 is 0 Å². The van der Waals surface area contributed by atoms with Crippen LogP contribution in [0.3, 0.4) is 0 Å². The van der Waals surface area contributed by atoms with Crippen LogP contribution in [0, 0.1) is 0 Å². The van der Waals surface area contributed by atoms with Crippen LogP contribution in [0.15, 0.2) is 84.9 Å². The zero-order valence-electron chi connectivity index (χ0n) is 20.6. The van der Waals surface area contributed by atoms with Gasteiger partial charge in [0, 0.05) is 68.1 Å². The molecule has 0 radical (unpaired) electrons. The van der Waals surface area contributed by atoms with Crippen molar-refractivity contribution >= 4 is 34.6 Å². The van der Waals surface area contributed by atoms with E-state index < -0.39 is 0 Å². The minimum atomic E-state index is 0.156. The molecule has 6 nitrogen and oxygen atoms in total. The first-order valence-electron chi connectivity index (χ1n) is 12.2. The zero-order chi connectivity index (χ0) is 24.9. The SMILES string of the molecule is CN(C)c1ccc(Nc2cc(N3CCC(Oc4cccc(Cl)c4)CC3)nc(-c3ccccc3)n2)cc1. The van der Waals surface area contributed by atoms with Gasteiger partial charge in [0.2, 0.25) is 0 Å². The molecule has 1 saturated heterocycles. The van der Waals surface area contributed by atoms with E-state index in [0.29, 0.717) is 10.8 Å². The van der Waals surface area contributed by atoms with Gasteiger partial charge in [0.15, 0.2) is 5.82 Å². The van der Waals surface area contributed by atoms with Crippen LogP contribution in [0.1, 0.15) is 12.8 Å². The molecule has 5 rings (SSSR count). The third-order valence-corrected chi connectivity index (χ3v) is 6.50. The molecule has 1 aromatic heterocycles. The van der Waals surface area contributed by atoms with Gasteiger partial charge in [-0.15, -0.1) is 0 Å². The minimum Gasteiger partial charge on any atom is -0.490 e. The fourth-order valence-corrected chi connectivity index (χ4v) is 4.48. The van der Waals surface area contributed by atoms with Crippen LogP contribution in [-0.2, 0) is 0 Å². The number of halogens is 1.